The zero-order valence-corrected chi connectivity index (χ0v) is 13.5. The molecule has 0 radical (unpaired) electrons. The Hall–Kier alpha value is -1.62. The summed E-state index contributed by atoms with van der Waals surface area (Å²) in [5.74, 6) is 0.334. The molecular weight excluding hydrogens is 320 g/mol. The second kappa shape index (κ2) is 5.40. The number of amides is 1. The molecule has 0 saturated carbocycles. The van der Waals surface area contributed by atoms with E-state index in [9.17, 15) is 4.79 Å². The molecule has 1 N–H and O–H groups in total. The molecular formula is C15H17BrN2O2. The van der Waals surface area contributed by atoms with Crippen LogP contribution in [0, 0.1) is 6.92 Å². The summed E-state index contributed by atoms with van der Waals surface area (Å²) < 4.78 is 6.15. The minimum absolute atomic E-state index is 0.198. The van der Waals surface area contributed by atoms with Crippen LogP contribution in [0.2, 0.25) is 0 Å². The predicted octanol–water partition coefficient (Wildman–Crippen LogP) is 4.30. The Morgan fingerprint density at radius 2 is 1.85 bits per heavy atom. The maximum atomic E-state index is 12.4. The van der Waals surface area contributed by atoms with Gasteiger partial charge in [-0.2, -0.15) is 0 Å². The lowest BCUT2D eigenvalue weighted by atomic mass is 9.88. The van der Waals surface area contributed by atoms with Crippen LogP contribution in [0.15, 0.2) is 33.3 Å². The highest BCUT2D eigenvalue weighted by molar-refractivity contribution is 9.10. The van der Waals surface area contributed by atoms with Crippen molar-refractivity contribution in [2.24, 2.45) is 0 Å². The van der Waals surface area contributed by atoms with Crippen molar-refractivity contribution >= 4 is 27.5 Å². The van der Waals surface area contributed by atoms with E-state index < -0.39 is 0 Å². The number of rotatable bonds is 2. The highest BCUT2D eigenvalue weighted by Gasteiger charge is 2.28. The number of aryl methyl sites for hydroxylation is 1. The van der Waals surface area contributed by atoms with E-state index in [2.05, 4.69) is 26.4 Å². The van der Waals surface area contributed by atoms with Crippen molar-refractivity contribution in [3.63, 3.8) is 0 Å². The Morgan fingerprint density at radius 3 is 2.40 bits per heavy atom. The first kappa shape index (κ1) is 14.8. The third-order valence-corrected chi connectivity index (χ3v) is 3.43. The van der Waals surface area contributed by atoms with Crippen LogP contribution in [-0.4, -0.2) is 11.1 Å². The van der Waals surface area contributed by atoms with Crippen molar-refractivity contribution in [3.05, 3.63) is 45.8 Å². The van der Waals surface area contributed by atoms with Crippen LogP contribution in [0.3, 0.4) is 0 Å². The number of hydrogen-bond donors (Lipinski definition) is 1. The van der Waals surface area contributed by atoms with Crippen LogP contribution < -0.4 is 5.32 Å². The van der Waals surface area contributed by atoms with Crippen molar-refractivity contribution < 1.29 is 9.32 Å². The normalized spacial score (nSPS) is 11.4. The lowest BCUT2D eigenvalue weighted by Crippen LogP contribution is -2.21. The molecule has 2 rings (SSSR count). The van der Waals surface area contributed by atoms with E-state index in [1.54, 1.807) is 6.92 Å². The van der Waals surface area contributed by atoms with Gasteiger partial charge in [0.05, 0.1) is 0 Å². The number of carbonyl (C=O) groups is 1. The van der Waals surface area contributed by atoms with Gasteiger partial charge in [-0.05, 0) is 31.2 Å². The maximum absolute atomic E-state index is 12.4. The Kier molecular flexibility index (Phi) is 3.99. The summed E-state index contributed by atoms with van der Waals surface area (Å²) in [6.07, 6.45) is 0. The maximum Gasteiger partial charge on any atom is 0.261 e. The molecule has 0 aliphatic carbocycles. The molecule has 4 nitrogen and oxygen atoms in total. The smallest absolute Gasteiger partial charge is 0.261 e. The highest BCUT2D eigenvalue weighted by Crippen LogP contribution is 2.27. The fraction of sp³-hybridized carbons (Fsp3) is 0.333. The van der Waals surface area contributed by atoms with Gasteiger partial charge in [0.1, 0.15) is 17.0 Å². The van der Waals surface area contributed by atoms with Crippen molar-refractivity contribution in [3.8, 4) is 0 Å². The van der Waals surface area contributed by atoms with E-state index in [-0.39, 0.29) is 11.3 Å². The molecule has 0 bridgehead atoms. The van der Waals surface area contributed by atoms with Crippen LogP contribution in [0.5, 0.6) is 0 Å². The van der Waals surface area contributed by atoms with Gasteiger partial charge in [-0.1, -0.05) is 41.9 Å². The van der Waals surface area contributed by atoms with E-state index in [0.717, 1.165) is 10.2 Å². The van der Waals surface area contributed by atoms with Crippen LogP contribution in [0.1, 0.15) is 42.6 Å². The van der Waals surface area contributed by atoms with Gasteiger partial charge >= 0.3 is 0 Å². The Labute approximate surface area is 126 Å². The van der Waals surface area contributed by atoms with Gasteiger partial charge in [-0.25, -0.2) is 0 Å². The van der Waals surface area contributed by atoms with Gasteiger partial charge in [0.2, 0.25) is 0 Å². The predicted molar refractivity (Wildman–Crippen MR) is 82.0 cm³/mol. The van der Waals surface area contributed by atoms with E-state index in [1.807, 2.05) is 45.0 Å². The number of aromatic nitrogens is 1. The highest BCUT2D eigenvalue weighted by atomic mass is 79.9. The molecule has 0 atom stereocenters. The molecule has 1 aromatic heterocycles. The first-order valence-corrected chi connectivity index (χ1v) is 7.12. The van der Waals surface area contributed by atoms with Gasteiger partial charge in [0.25, 0.3) is 5.91 Å². The number of hydrogen-bond acceptors (Lipinski definition) is 3. The van der Waals surface area contributed by atoms with Crippen LogP contribution in [-0.2, 0) is 5.41 Å². The van der Waals surface area contributed by atoms with Crippen LogP contribution >= 0.6 is 15.9 Å². The quantitative estimate of drug-likeness (QED) is 0.889. The third-order valence-electron chi connectivity index (χ3n) is 2.90. The van der Waals surface area contributed by atoms with Gasteiger partial charge in [0, 0.05) is 15.6 Å². The monoisotopic (exact) mass is 336 g/mol. The second-order valence-corrected chi connectivity index (χ2v) is 6.59. The number of nitrogens with one attached hydrogen (secondary N) is 1. The average Bonchev–Trinajstić information content (AvgIpc) is 2.74. The van der Waals surface area contributed by atoms with Crippen molar-refractivity contribution in [1.82, 2.24) is 5.16 Å². The van der Waals surface area contributed by atoms with E-state index in [0.29, 0.717) is 17.0 Å². The molecule has 0 aliphatic heterocycles. The van der Waals surface area contributed by atoms with Crippen molar-refractivity contribution in [2.45, 2.75) is 33.1 Å². The summed E-state index contributed by atoms with van der Waals surface area (Å²) in [5, 5.41) is 6.89. The number of benzene rings is 1. The van der Waals surface area contributed by atoms with Crippen LogP contribution in [0.25, 0.3) is 0 Å². The Bertz CT molecular complexity index is 624. The van der Waals surface area contributed by atoms with Crippen molar-refractivity contribution in [1.29, 1.82) is 0 Å². The number of anilines is 1. The average molecular weight is 337 g/mol. The molecule has 0 aliphatic rings. The van der Waals surface area contributed by atoms with Gasteiger partial charge in [-0.15, -0.1) is 0 Å². The third kappa shape index (κ3) is 3.10. The minimum Gasteiger partial charge on any atom is -0.361 e. The summed E-state index contributed by atoms with van der Waals surface area (Å²) in [5.41, 5.74) is 1.67. The van der Waals surface area contributed by atoms with E-state index in [4.69, 9.17) is 4.52 Å². The zero-order chi connectivity index (χ0) is 14.9. The molecule has 0 fully saturated rings. The number of carbonyl (C=O) groups excluding carboxylic acids is 1. The van der Waals surface area contributed by atoms with Gasteiger partial charge in [-0.3, -0.25) is 4.79 Å². The summed E-state index contributed by atoms with van der Waals surface area (Å²) in [7, 11) is 0. The standard InChI is InChI=1S/C15H17BrN2O2/c1-9-12(13(18-20-9)15(2,3)4)14(19)17-11-7-5-10(16)6-8-11/h5-8H,1-4H3,(H,17,19). The summed E-state index contributed by atoms with van der Waals surface area (Å²) >= 11 is 3.36. The Morgan fingerprint density at radius 1 is 1.25 bits per heavy atom. The van der Waals surface area contributed by atoms with Gasteiger partial charge < -0.3 is 9.84 Å². The molecule has 5 heteroatoms. The van der Waals surface area contributed by atoms with Crippen molar-refractivity contribution in [2.75, 3.05) is 5.32 Å². The molecule has 2 aromatic rings. The number of halogens is 1. The fourth-order valence-electron chi connectivity index (χ4n) is 1.88. The molecule has 106 valence electrons. The first-order chi connectivity index (χ1) is 9.29. The topological polar surface area (TPSA) is 55.1 Å². The van der Waals surface area contributed by atoms with E-state index in [1.165, 1.54) is 0 Å². The van der Waals surface area contributed by atoms with Gasteiger partial charge in [0.15, 0.2) is 0 Å². The largest absolute Gasteiger partial charge is 0.361 e. The summed E-state index contributed by atoms with van der Waals surface area (Å²) in [6, 6.07) is 7.42. The molecule has 1 amide bonds. The summed E-state index contributed by atoms with van der Waals surface area (Å²) in [4.78, 5) is 12.4. The number of nitrogens with zero attached hydrogens (tertiary/aromatic N) is 1. The summed E-state index contributed by atoms with van der Waals surface area (Å²) in [6.45, 7) is 7.75. The first-order valence-electron chi connectivity index (χ1n) is 6.32. The SMILES string of the molecule is Cc1onc(C(C)(C)C)c1C(=O)Nc1ccc(Br)cc1. The molecule has 1 heterocycles. The second-order valence-electron chi connectivity index (χ2n) is 5.67. The molecule has 0 saturated heterocycles. The molecule has 20 heavy (non-hydrogen) atoms. The van der Waals surface area contributed by atoms with Crippen LogP contribution in [0.4, 0.5) is 5.69 Å². The minimum atomic E-state index is -0.246. The van der Waals surface area contributed by atoms with E-state index >= 15 is 0 Å². The lowest BCUT2D eigenvalue weighted by Gasteiger charge is -2.16. The lowest BCUT2D eigenvalue weighted by molar-refractivity contribution is 0.102. The molecule has 0 unspecified atom stereocenters. The Balaban J connectivity index is 2.30. The fourth-order valence-corrected chi connectivity index (χ4v) is 2.14. The zero-order valence-electron chi connectivity index (χ0n) is 12.0. The molecule has 1 aromatic carbocycles. The molecule has 0 spiro atoms.